The van der Waals surface area contributed by atoms with Crippen molar-refractivity contribution in [2.45, 2.75) is 47.1 Å². The molecule has 1 aliphatic rings. The van der Waals surface area contributed by atoms with E-state index in [0.29, 0.717) is 5.92 Å². The lowest BCUT2D eigenvalue weighted by Crippen LogP contribution is -2.32. The third-order valence-corrected chi connectivity index (χ3v) is 3.76. The molecule has 0 aromatic rings. The van der Waals surface area contributed by atoms with E-state index in [4.69, 9.17) is 0 Å². The molecule has 0 spiro atoms. The van der Waals surface area contributed by atoms with Gasteiger partial charge in [-0.2, -0.15) is 0 Å². The van der Waals surface area contributed by atoms with Gasteiger partial charge in [0.1, 0.15) is 0 Å². The monoisotopic (exact) mass is 274 g/mol. The number of aliphatic hydroxyl groups excluding tert-OH is 1. The standard InChI is InChI=1S/C18H26O2/c1-13(7-6-8-15(3)19)9-10-17-14(2)11-16(20)12-18(17,4)5/h6-11,16-17,20H,12H2,1-5H3. The van der Waals surface area contributed by atoms with Crippen molar-refractivity contribution < 1.29 is 9.90 Å². The number of hydrogen-bond acceptors (Lipinski definition) is 2. The van der Waals surface area contributed by atoms with Gasteiger partial charge in [0.15, 0.2) is 5.78 Å². The number of allylic oxidation sites excluding steroid dienone is 7. The maximum absolute atomic E-state index is 10.8. The average molecular weight is 274 g/mol. The van der Waals surface area contributed by atoms with Gasteiger partial charge in [-0.05, 0) is 38.7 Å². The predicted molar refractivity (Wildman–Crippen MR) is 84.4 cm³/mol. The van der Waals surface area contributed by atoms with Crippen molar-refractivity contribution in [3.63, 3.8) is 0 Å². The predicted octanol–water partition coefficient (Wildman–Crippen LogP) is 3.99. The molecule has 20 heavy (non-hydrogen) atoms. The Labute approximate surface area is 122 Å². The molecule has 0 aromatic carbocycles. The molecule has 1 N–H and O–H groups in total. The molecule has 0 radical (unpaired) electrons. The van der Waals surface area contributed by atoms with Gasteiger partial charge in [-0.25, -0.2) is 0 Å². The Balaban J connectivity index is 2.83. The Morgan fingerprint density at radius 3 is 2.55 bits per heavy atom. The number of rotatable bonds is 4. The molecule has 2 atom stereocenters. The summed E-state index contributed by atoms with van der Waals surface area (Å²) in [5, 5.41) is 9.83. The lowest BCUT2D eigenvalue weighted by Gasteiger charge is -2.38. The Hall–Kier alpha value is -1.41. The van der Waals surface area contributed by atoms with Crippen LogP contribution in [0, 0.1) is 11.3 Å². The summed E-state index contributed by atoms with van der Waals surface area (Å²) in [5.41, 5.74) is 2.39. The Kier molecular flexibility index (Phi) is 5.70. The van der Waals surface area contributed by atoms with Gasteiger partial charge in [0.2, 0.25) is 0 Å². The van der Waals surface area contributed by atoms with E-state index < -0.39 is 0 Å². The van der Waals surface area contributed by atoms with Crippen molar-refractivity contribution in [3.05, 3.63) is 47.6 Å². The van der Waals surface area contributed by atoms with Gasteiger partial charge in [-0.1, -0.05) is 55.4 Å². The van der Waals surface area contributed by atoms with E-state index in [1.807, 2.05) is 19.1 Å². The first-order valence-electron chi connectivity index (χ1n) is 7.12. The van der Waals surface area contributed by atoms with Gasteiger partial charge in [0, 0.05) is 5.92 Å². The van der Waals surface area contributed by atoms with Gasteiger partial charge in [0.05, 0.1) is 6.10 Å². The fourth-order valence-electron chi connectivity index (χ4n) is 2.80. The number of carbonyl (C=O) groups is 1. The van der Waals surface area contributed by atoms with Crippen LogP contribution in [0.3, 0.4) is 0 Å². The topological polar surface area (TPSA) is 37.3 Å². The van der Waals surface area contributed by atoms with E-state index in [-0.39, 0.29) is 17.3 Å². The largest absolute Gasteiger partial charge is 0.389 e. The normalized spacial score (nSPS) is 27.1. The second-order valence-electron chi connectivity index (χ2n) is 6.39. The molecule has 1 rings (SSSR count). The summed E-state index contributed by atoms with van der Waals surface area (Å²) < 4.78 is 0. The molecule has 0 bridgehead atoms. The molecule has 2 nitrogen and oxygen atoms in total. The van der Waals surface area contributed by atoms with Crippen LogP contribution in [0.1, 0.15) is 41.0 Å². The molecule has 0 saturated heterocycles. The molecular weight excluding hydrogens is 248 g/mol. The summed E-state index contributed by atoms with van der Waals surface area (Å²) in [7, 11) is 0. The molecule has 0 aliphatic heterocycles. The summed E-state index contributed by atoms with van der Waals surface area (Å²) in [4.78, 5) is 10.8. The third-order valence-electron chi connectivity index (χ3n) is 3.76. The van der Waals surface area contributed by atoms with Crippen LogP contribution in [-0.2, 0) is 4.79 Å². The summed E-state index contributed by atoms with van der Waals surface area (Å²) in [5.74, 6) is 0.394. The van der Waals surface area contributed by atoms with Crippen LogP contribution < -0.4 is 0 Å². The van der Waals surface area contributed by atoms with Gasteiger partial charge < -0.3 is 5.11 Å². The van der Waals surface area contributed by atoms with Crippen LogP contribution in [0.25, 0.3) is 0 Å². The molecule has 2 unspecified atom stereocenters. The van der Waals surface area contributed by atoms with Gasteiger partial charge in [-0.15, -0.1) is 0 Å². The van der Waals surface area contributed by atoms with Gasteiger partial charge in [0.25, 0.3) is 0 Å². The SMILES string of the molecule is CC(=O)C=CC=C(C)C=CC1C(C)=CC(O)CC1(C)C. The van der Waals surface area contributed by atoms with Crippen molar-refractivity contribution >= 4 is 5.78 Å². The lowest BCUT2D eigenvalue weighted by atomic mass is 9.67. The van der Waals surface area contributed by atoms with Crippen molar-refractivity contribution in [1.82, 2.24) is 0 Å². The van der Waals surface area contributed by atoms with E-state index in [0.717, 1.165) is 12.0 Å². The van der Waals surface area contributed by atoms with E-state index in [1.54, 1.807) is 19.1 Å². The molecule has 0 fully saturated rings. The molecule has 0 aromatic heterocycles. The van der Waals surface area contributed by atoms with Crippen molar-refractivity contribution in [1.29, 1.82) is 0 Å². The highest BCUT2D eigenvalue weighted by atomic mass is 16.3. The molecule has 1 aliphatic carbocycles. The summed E-state index contributed by atoms with van der Waals surface area (Å²) in [6.45, 7) is 10.0. The number of ketones is 1. The highest BCUT2D eigenvalue weighted by Crippen LogP contribution is 2.41. The van der Waals surface area contributed by atoms with Crippen LogP contribution >= 0.6 is 0 Å². The smallest absolute Gasteiger partial charge is 0.152 e. The number of aliphatic hydroxyl groups is 1. The van der Waals surface area contributed by atoms with Crippen LogP contribution in [0.15, 0.2) is 47.6 Å². The minimum absolute atomic E-state index is 0.0548. The Morgan fingerprint density at radius 1 is 1.35 bits per heavy atom. The number of hydrogen-bond donors (Lipinski definition) is 1. The van der Waals surface area contributed by atoms with Crippen molar-refractivity contribution in [2.24, 2.45) is 11.3 Å². The summed E-state index contributed by atoms with van der Waals surface area (Å²) in [6, 6.07) is 0. The van der Waals surface area contributed by atoms with Crippen molar-refractivity contribution in [3.8, 4) is 0 Å². The zero-order chi connectivity index (χ0) is 15.3. The van der Waals surface area contributed by atoms with Crippen LogP contribution in [-0.4, -0.2) is 17.0 Å². The maximum Gasteiger partial charge on any atom is 0.152 e. The lowest BCUT2D eigenvalue weighted by molar-refractivity contribution is -0.112. The van der Waals surface area contributed by atoms with E-state index in [9.17, 15) is 9.90 Å². The highest BCUT2D eigenvalue weighted by molar-refractivity contribution is 5.87. The second kappa shape index (κ2) is 6.85. The van der Waals surface area contributed by atoms with Gasteiger partial charge in [-0.3, -0.25) is 4.79 Å². The molecule has 0 saturated carbocycles. The van der Waals surface area contributed by atoms with Crippen LogP contribution in [0.5, 0.6) is 0 Å². The Morgan fingerprint density at radius 2 is 2.00 bits per heavy atom. The van der Waals surface area contributed by atoms with Crippen LogP contribution in [0.2, 0.25) is 0 Å². The zero-order valence-corrected chi connectivity index (χ0v) is 13.2. The molecule has 0 amide bonds. The van der Waals surface area contributed by atoms with E-state index in [1.165, 1.54) is 5.57 Å². The minimum Gasteiger partial charge on any atom is -0.389 e. The van der Waals surface area contributed by atoms with Crippen LogP contribution in [0.4, 0.5) is 0 Å². The highest BCUT2D eigenvalue weighted by Gasteiger charge is 2.34. The molecule has 110 valence electrons. The molecular formula is C18H26O2. The number of carbonyl (C=O) groups excluding carboxylic acids is 1. The minimum atomic E-state index is -0.329. The molecule has 2 heteroatoms. The van der Waals surface area contributed by atoms with E-state index in [2.05, 4.69) is 32.9 Å². The first-order valence-corrected chi connectivity index (χ1v) is 7.12. The summed E-state index contributed by atoms with van der Waals surface area (Å²) in [6.07, 6.45) is 12.0. The van der Waals surface area contributed by atoms with Gasteiger partial charge >= 0.3 is 0 Å². The van der Waals surface area contributed by atoms with E-state index >= 15 is 0 Å². The first-order chi connectivity index (χ1) is 9.22. The maximum atomic E-state index is 10.8. The average Bonchev–Trinajstić information content (AvgIpc) is 2.25. The zero-order valence-electron chi connectivity index (χ0n) is 13.2. The molecule has 0 heterocycles. The second-order valence-corrected chi connectivity index (χ2v) is 6.39. The fraction of sp³-hybridized carbons (Fsp3) is 0.500. The van der Waals surface area contributed by atoms with Crippen molar-refractivity contribution in [2.75, 3.05) is 0 Å². The first kappa shape index (κ1) is 16.6. The quantitative estimate of drug-likeness (QED) is 0.478. The Bertz CT molecular complexity index is 476. The summed E-state index contributed by atoms with van der Waals surface area (Å²) >= 11 is 0. The third kappa shape index (κ3) is 4.93. The fourth-order valence-corrected chi connectivity index (χ4v) is 2.80.